The van der Waals surface area contributed by atoms with Crippen LogP contribution < -0.4 is 14.8 Å². The molecule has 0 bridgehead atoms. The molecule has 0 saturated carbocycles. The van der Waals surface area contributed by atoms with Crippen LogP contribution in [0.3, 0.4) is 0 Å². The average Bonchev–Trinajstić information content (AvgIpc) is 2.98. The van der Waals surface area contributed by atoms with E-state index in [1.807, 2.05) is 29.6 Å². The van der Waals surface area contributed by atoms with Crippen molar-refractivity contribution in [2.45, 2.75) is 6.10 Å². The van der Waals surface area contributed by atoms with Gasteiger partial charge in [-0.05, 0) is 11.4 Å². The lowest BCUT2D eigenvalue weighted by Gasteiger charge is -2.13. The summed E-state index contributed by atoms with van der Waals surface area (Å²) in [5.41, 5.74) is 0.854. The maximum atomic E-state index is 10.0. The second kappa shape index (κ2) is 6.45. The van der Waals surface area contributed by atoms with E-state index in [1.54, 1.807) is 31.6 Å². The Labute approximate surface area is 116 Å². The van der Waals surface area contributed by atoms with Crippen molar-refractivity contribution in [3.05, 3.63) is 40.6 Å². The minimum atomic E-state index is -0.516. The van der Waals surface area contributed by atoms with Gasteiger partial charge in [-0.1, -0.05) is 6.07 Å². The fourth-order valence-electron chi connectivity index (χ4n) is 1.71. The maximum Gasteiger partial charge on any atom is 0.124 e. The van der Waals surface area contributed by atoms with Crippen LogP contribution in [0.1, 0.15) is 11.0 Å². The number of hydrogen-bond acceptors (Lipinski definition) is 5. The summed E-state index contributed by atoms with van der Waals surface area (Å²) in [5, 5.41) is 15.1. The molecule has 0 radical (unpaired) electrons. The van der Waals surface area contributed by atoms with E-state index in [1.165, 1.54) is 0 Å². The highest BCUT2D eigenvalue weighted by atomic mass is 32.1. The first kappa shape index (κ1) is 13.7. The first-order valence-corrected chi connectivity index (χ1v) is 6.79. The van der Waals surface area contributed by atoms with Crippen LogP contribution in [0.15, 0.2) is 35.7 Å². The summed E-state index contributed by atoms with van der Waals surface area (Å²) in [7, 11) is 3.22. The number of hydrogen-bond donors (Lipinski definition) is 2. The summed E-state index contributed by atoms with van der Waals surface area (Å²) in [5.74, 6) is 1.43. The highest BCUT2D eigenvalue weighted by molar-refractivity contribution is 7.10. The molecule has 102 valence electrons. The van der Waals surface area contributed by atoms with E-state index in [2.05, 4.69) is 5.32 Å². The number of aliphatic hydroxyl groups excluding tert-OH is 1. The van der Waals surface area contributed by atoms with Crippen molar-refractivity contribution < 1.29 is 14.6 Å². The molecule has 0 aliphatic rings. The number of ether oxygens (including phenoxy) is 2. The molecule has 2 aromatic rings. The number of thiophene rings is 1. The molecule has 0 fully saturated rings. The minimum Gasteiger partial charge on any atom is -0.497 e. The molecule has 0 amide bonds. The van der Waals surface area contributed by atoms with E-state index in [0.29, 0.717) is 18.0 Å². The molecule has 0 aliphatic heterocycles. The number of benzene rings is 1. The number of methoxy groups -OCH3 is 2. The second-order valence-corrected chi connectivity index (χ2v) is 4.99. The first-order valence-electron chi connectivity index (χ1n) is 5.91. The zero-order valence-electron chi connectivity index (χ0n) is 10.9. The lowest BCUT2D eigenvalue weighted by atomic mass is 10.2. The quantitative estimate of drug-likeness (QED) is 0.853. The van der Waals surface area contributed by atoms with Gasteiger partial charge in [-0.3, -0.25) is 0 Å². The zero-order valence-corrected chi connectivity index (χ0v) is 11.7. The van der Waals surface area contributed by atoms with E-state index in [9.17, 15) is 5.11 Å². The molecular formula is C14H17NO3S. The van der Waals surface area contributed by atoms with Crippen LogP contribution in [0.4, 0.5) is 5.69 Å². The van der Waals surface area contributed by atoms with Gasteiger partial charge < -0.3 is 19.9 Å². The van der Waals surface area contributed by atoms with Crippen molar-refractivity contribution in [3.63, 3.8) is 0 Å². The normalized spacial score (nSPS) is 11.9. The van der Waals surface area contributed by atoms with Gasteiger partial charge in [0.05, 0.1) is 14.2 Å². The van der Waals surface area contributed by atoms with E-state index < -0.39 is 6.10 Å². The predicted octanol–water partition coefficient (Wildman–Crippen LogP) is 2.91. The summed E-state index contributed by atoms with van der Waals surface area (Å²) in [6.07, 6.45) is -0.516. The molecule has 5 heteroatoms. The molecule has 2 N–H and O–H groups in total. The summed E-state index contributed by atoms with van der Waals surface area (Å²) in [6.45, 7) is 0.441. The molecule has 1 unspecified atom stereocenters. The molecule has 0 saturated heterocycles. The summed E-state index contributed by atoms with van der Waals surface area (Å²) in [6, 6.07) is 9.38. The third-order valence-corrected chi connectivity index (χ3v) is 3.70. The zero-order chi connectivity index (χ0) is 13.7. The lowest BCUT2D eigenvalue weighted by Crippen LogP contribution is -2.11. The lowest BCUT2D eigenvalue weighted by molar-refractivity contribution is 0.195. The van der Waals surface area contributed by atoms with E-state index >= 15 is 0 Å². The molecule has 0 aliphatic carbocycles. The molecule has 1 atom stereocenters. The number of anilines is 1. The topological polar surface area (TPSA) is 50.7 Å². The number of nitrogens with one attached hydrogen (secondary N) is 1. The van der Waals surface area contributed by atoms with Gasteiger partial charge >= 0.3 is 0 Å². The molecule has 0 spiro atoms. The average molecular weight is 279 g/mol. The first-order chi connectivity index (χ1) is 9.22. The molecule has 1 heterocycles. The molecule has 1 aromatic heterocycles. The Balaban J connectivity index is 2.02. The number of rotatable bonds is 6. The fourth-order valence-corrected chi connectivity index (χ4v) is 2.42. The SMILES string of the molecule is COc1cc(NCC(O)c2cccs2)cc(OC)c1. The highest BCUT2D eigenvalue weighted by Gasteiger charge is 2.09. The Kier molecular flexibility index (Phi) is 4.65. The number of aliphatic hydroxyl groups is 1. The maximum absolute atomic E-state index is 10.0. The summed E-state index contributed by atoms with van der Waals surface area (Å²) < 4.78 is 10.4. The minimum absolute atomic E-state index is 0.441. The van der Waals surface area contributed by atoms with Crippen molar-refractivity contribution in [3.8, 4) is 11.5 Å². The van der Waals surface area contributed by atoms with Crippen LogP contribution in [-0.4, -0.2) is 25.9 Å². The van der Waals surface area contributed by atoms with Crippen molar-refractivity contribution in [2.24, 2.45) is 0 Å². The second-order valence-electron chi connectivity index (χ2n) is 4.01. The van der Waals surface area contributed by atoms with Crippen LogP contribution in [0.5, 0.6) is 11.5 Å². The van der Waals surface area contributed by atoms with E-state index in [-0.39, 0.29) is 0 Å². The Morgan fingerprint density at radius 2 is 1.89 bits per heavy atom. The molecule has 19 heavy (non-hydrogen) atoms. The largest absolute Gasteiger partial charge is 0.497 e. The van der Waals surface area contributed by atoms with E-state index in [0.717, 1.165) is 10.6 Å². The van der Waals surface area contributed by atoms with Gasteiger partial charge in [0.2, 0.25) is 0 Å². The Bertz CT molecular complexity index is 491. The molecule has 4 nitrogen and oxygen atoms in total. The molecule has 1 aromatic carbocycles. The van der Waals surface area contributed by atoms with Crippen molar-refractivity contribution in [1.29, 1.82) is 0 Å². The van der Waals surface area contributed by atoms with Gasteiger partial charge in [-0.2, -0.15) is 0 Å². The Hall–Kier alpha value is -1.72. The highest BCUT2D eigenvalue weighted by Crippen LogP contribution is 2.26. The Morgan fingerprint density at radius 1 is 1.21 bits per heavy atom. The third-order valence-electron chi connectivity index (χ3n) is 2.72. The van der Waals surface area contributed by atoms with E-state index in [4.69, 9.17) is 9.47 Å². The summed E-state index contributed by atoms with van der Waals surface area (Å²) >= 11 is 1.54. The smallest absolute Gasteiger partial charge is 0.124 e. The third kappa shape index (κ3) is 3.62. The molecular weight excluding hydrogens is 262 g/mol. The van der Waals surface area contributed by atoms with Gasteiger partial charge in [0.25, 0.3) is 0 Å². The predicted molar refractivity (Wildman–Crippen MR) is 77.3 cm³/mol. The monoisotopic (exact) mass is 279 g/mol. The summed E-state index contributed by atoms with van der Waals surface area (Å²) in [4.78, 5) is 0.947. The van der Waals surface area contributed by atoms with Crippen LogP contribution in [0.2, 0.25) is 0 Å². The fraction of sp³-hybridized carbons (Fsp3) is 0.286. The van der Waals surface area contributed by atoms with Gasteiger partial charge in [-0.15, -0.1) is 11.3 Å². The van der Waals surface area contributed by atoms with Crippen LogP contribution in [0.25, 0.3) is 0 Å². The van der Waals surface area contributed by atoms with Crippen LogP contribution in [-0.2, 0) is 0 Å². The molecule has 2 rings (SSSR count). The van der Waals surface area contributed by atoms with Gasteiger partial charge in [0.1, 0.15) is 17.6 Å². The van der Waals surface area contributed by atoms with Crippen molar-refractivity contribution in [1.82, 2.24) is 0 Å². The Morgan fingerprint density at radius 3 is 2.42 bits per heavy atom. The van der Waals surface area contributed by atoms with Crippen LogP contribution in [0, 0.1) is 0 Å². The van der Waals surface area contributed by atoms with Gasteiger partial charge in [0.15, 0.2) is 0 Å². The van der Waals surface area contributed by atoms with Gasteiger partial charge in [-0.25, -0.2) is 0 Å². The van der Waals surface area contributed by atoms with Crippen molar-refractivity contribution >= 4 is 17.0 Å². The standard InChI is InChI=1S/C14H17NO3S/c1-17-11-6-10(7-12(8-11)18-2)15-9-13(16)14-4-3-5-19-14/h3-8,13,15-16H,9H2,1-2H3. The van der Waals surface area contributed by atoms with Crippen molar-refractivity contribution in [2.75, 3.05) is 26.1 Å². The van der Waals surface area contributed by atoms with Crippen LogP contribution >= 0.6 is 11.3 Å². The van der Waals surface area contributed by atoms with Gasteiger partial charge in [0, 0.05) is 35.3 Å².